The maximum absolute atomic E-state index is 13.3. The van der Waals surface area contributed by atoms with Crippen molar-refractivity contribution >= 4 is 15.9 Å². The summed E-state index contributed by atoms with van der Waals surface area (Å²) < 4.78 is 44.8. The topological polar surface area (TPSA) is 9.23 Å². The van der Waals surface area contributed by atoms with Crippen LogP contribution in [0.1, 0.15) is 5.56 Å². The first-order valence-electron chi connectivity index (χ1n) is 5.08. The SMILES string of the molecule is Fc1ccc(COc2c(F)cccc2F)cc1Br. The van der Waals surface area contributed by atoms with Crippen LogP contribution in [-0.2, 0) is 6.61 Å². The zero-order chi connectivity index (χ0) is 13.1. The van der Waals surface area contributed by atoms with Crippen molar-refractivity contribution in [3.63, 3.8) is 0 Å². The Morgan fingerprint density at radius 1 is 0.944 bits per heavy atom. The van der Waals surface area contributed by atoms with Gasteiger partial charge in [0.15, 0.2) is 17.4 Å². The van der Waals surface area contributed by atoms with Gasteiger partial charge < -0.3 is 4.74 Å². The first-order chi connectivity index (χ1) is 8.58. The molecule has 94 valence electrons. The van der Waals surface area contributed by atoms with Crippen LogP contribution in [0.4, 0.5) is 13.2 Å². The molecule has 0 spiro atoms. The monoisotopic (exact) mass is 316 g/mol. The van der Waals surface area contributed by atoms with Crippen molar-refractivity contribution in [2.24, 2.45) is 0 Å². The molecule has 0 aliphatic rings. The molecule has 18 heavy (non-hydrogen) atoms. The molecular formula is C13H8BrF3O. The van der Waals surface area contributed by atoms with Crippen LogP contribution in [0.15, 0.2) is 40.9 Å². The van der Waals surface area contributed by atoms with Crippen LogP contribution in [0, 0.1) is 17.5 Å². The van der Waals surface area contributed by atoms with E-state index in [1.165, 1.54) is 24.3 Å². The Morgan fingerprint density at radius 2 is 1.61 bits per heavy atom. The molecule has 0 bridgehead atoms. The molecule has 0 atom stereocenters. The minimum absolute atomic E-state index is 0.0449. The molecule has 0 unspecified atom stereocenters. The number of hydrogen-bond donors (Lipinski definition) is 0. The van der Waals surface area contributed by atoms with Gasteiger partial charge in [-0.1, -0.05) is 12.1 Å². The van der Waals surface area contributed by atoms with Gasteiger partial charge in [0, 0.05) is 0 Å². The zero-order valence-corrected chi connectivity index (χ0v) is 10.7. The first-order valence-corrected chi connectivity index (χ1v) is 5.88. The van der Waals surface area contributed by atoms with E-state index < -0.39 is 23.2 Å². The van der Waals surface area contributed by atoms with Gasteiger partial charge in [-0.05, 0) is 45.8 Å². The summed E-state index contributed by atoms with van der Waals surface area (Å²) in [7, 11) is 0. The quantitative estimate of drug-likeness (QED) is 0.813. The van der Waals surface area contributed by atoms with E-state index in [-0.39, 0.29) is 11.1 Å². The maximum atomic E-state index is 13.3. The lowest BCUT2D eigenvalue weighted by molar-refractivity contribution is 0.274. The fourth-order valence-corrected chi connectivity index (χ4v) is 1.83. The second kappa shape index (κ2) is 5.44. The lowest BCUT2D eigenvalue weighted by atomic mass is 10.2. The second-order valence-corrected chi connectivity index (χ2v) is 4.44. The molecule has 0 saturated heterocycles. The molecule has 1 nitrogen and oxygen atoms in total. The second-order valence-electron chi connectivity index (χ2n) is 3.59. The maximum Gasteiger partial charge on any atom is 0.191 e. The third-order valence-corrected chi connectivity index (χ3v) is 2.89. The summed E-state index contributed by atoms with van der Waals surface area (Å²) in [6.45, 7) is -0.0449. The molecule has 0 aliphatic heterocycles. The molecule has 2 aromatic rings. The molecular weight excluding hydrogens is 309 g/mol. The minimum atomic E-state index is -0.767. The normalized spacial score (nSPS) is 10.4. The average molecular weight is 317 g/mol. The molecule has 0 N–H and O–H groups in total. The minimum Gasteiger partial charge on any atom is -0.483 e. The number of benzene rings is 2. The van der Waals surface area contributed by atoms with E-state index in [0.717, 1.165) is 12.1 Å². The average Bonchev–Trinajstić information content (AvgIpc) is 2.33. The largest absolute Gasteiger partial charge is 0.483 e. The van der Waals surface area contributed by atoms with Gasteiger partial charge in [-0.25, -0.2) is 13.2 Å². The summed E-state index contributed by atoms with van der Waals surface area (Å²) in [6, 6.07) is 7.71. The van der Waals surface area contributed by atoms with Crippen molar-refractivity contribution in [2.75, 3.05) is 0 Å². The molecule has 5 heteroatoms. The molecule has 2 rings (SSSR count). The van der Waals surface area contributed by atoms with Gasteiger partial charge >= 0.3 is 0 Å². The van der Waals surface area contributed by atoms with Gasteiger partial charge in [0.1, 0.15) is 12.4 Å². The van der Waals surface area contributed by atoms with Gasteiger partial charge in [-0.2, -0.15) is 0 Å². The van der Waals surface area contributed by atoms with Crippen LogP contribution in [0.5, 0.6) is 5.75 Å². The number of para-hydroxylation sites is 1. The lowest BCUT2D eigenvalue weighted by Gasteiger charge is -2.08. The van der Waals surface area contributed by atoms with Crippen molar-refractivity contribution < 1.29 is 17.9 Å². The fourth-order valence-electron chi connectivity index (χ4n) is 1.41. The summed E-state index contributed by atoms with van der Waals surface area (Å²) in [5.74, 6) is -2.37. The van der Waals surface area contributed by atoms with E-state index in [0.29, 0.717) is 5.56 Å². The molecule has 0 saturated carbocycles. The van der Waals surface area contributed by atoms with Crippen molar-refractivity contribution in [3.8, 4) is 5.75 Å². The Morgan fingerprint density at radius 3 is 2.22 bits per heavy atom. The molecule has 2 aromatic carbocycles. The van der Waals surface area contributed by atoms with Crippen LogP contribution < -0.4 is 4.74 Å². The van der Waals surface area contributed by atoms with Crippen LogP contribution in [-0.4, -0.2) is 0 Å². The Bertz CT molecular complexity index is 552. The van der Waals surface area contributed by atoms with E-state index in [2.05, 4.69) is 15.9 Å². The molecule has 0 radical (unpaired) electrons. The standard InChI is InChI=1S/C13H8BrF3O/c14-9-6-8(4-5-10(9)15)7-18-13-11(16)2-1-3-12(13)17/h1-6H,7H2. The van der Waals surface area contributed by atoms with Gasteiger partial charge in [0.05, 0.1) is 4.47 Å². The summed E-state index contributed by atoms with van der Waals surface area (Å²) in [4.78, 5) is 0. The third kappa shape index (κ3) is 2.85. The fraction of sp³-hybridized carbons (Fsp3) is 0.0769. The number of hydrogen-bond acceptors (Lipinski definition) is 1. The zero-order valence-electron chi connectivity index (χ0n) is 9.09. The predicted octanol–water partition coefficient (Wildman–Crippen LogP) is 4.45. The Labute approximate surface area is 110 Å². The summed E-state index contributed by atoms with van der Waals surface area (Å²) in [5, 5.41) is 0. The summed E-state index contributed by atoms with van der Waals surface area (Å²) in [5.41, 5.74) is 0.603. The highest BCUT2D eigenvalue weighted by atomic mass is 79.9. The van der Waals surface area contributed by atoms with Crippen molar-refractivity contribution in [2.45, 2.75) is 6.61 Å². The Balaban J connectivity index is 2.14. The van der Waals surface area contributed by atoms with E-state index in [4.69, 9.17) is 4.74 Å². The molecule has 0 heterocycles. The van der Waals surface area contributed by atoms with Gasteiger partial charge in [0.2, 0.25) is 0 Å². The highest BCUT2D eigenvalue weighted by Gasteiger charge is 2.10. The number of rotatable bonds is 3. The van der Waals surface area contributed by atoms with Gasteiger partial charge in [-0.15, -0.1) is 0 Å². The molecule has 0 aromatic heterocycles. The van der Waals surface area contributed by atoms with Crippen LogP contribution in [0.2, 0.25) is 0 Å². The molecule has 0 amide bonds. The first kappa shape index (κ1) is 13.0. The van der Waals surface area contributed by atoms with Gasteiger partial charge in [0.25, 0.3) is 0 Å². The molecule has 0 fully saturated rings. The van der Waals surface area contributed by atoms with Crippen molar-refractivity contribution in [1.29, 1.82) is 0 Å². The van der Waals surface area contributed by atoms with E-state index >= 15 is 0 Å². The number of ether oxygens (including phenoxy) is 1. The van der Waals surface area contributed by atoms with E-state index in [1.54, 1.807) is 0 Å². The summed E-state index contributed by atoms with van der Waals surface area (Å²) >= 11 is 3.02. The smallest absolute Gasteiger partial charge is 0.191 e. The van der Waals surface area contributed by atoms with E-state index in [9.17, 15) is 13.2 Å². The highest BCUT2D eigenvalue weighted by molar-refractivity contribution is 9.10. The van der Waals surface area contributed by atoms with E-state index in [1.807, 2.05) is 0 Å². The van der Waals surface area contributed by atoms with Crippen LogP contribution in [0.25, 0.3) is 0 Å². The number of halogens is 4. The highest BCUT2D eigenvalue weighted by Crippen LogP contribution is 2.23. The van der Waals surface area contributed by atoms with Gasteiger partial charge in [-0.3, -0.25) is 0 Å². The Hall–Kier alpha value is -1.49. The predicted molar refractivity (Wildman–Crippen MR) is 64.8 cm³/mol. The van der Waals surface area contributed by atoms with Crippen molar-refractivity contribution in [3.05, 3.63) is 63.9 Å². The van der Waals surface area contributed by atoms with Crippen LogP contribution >= 0.6 is 15.9 Å². The Kier molecular flexibility index (Phi) is 3.91. The molecule has 0 aliphatic carbocycles. The van der Waals surface area contributed by atoms with Crippen molar-refractivity contribution in [1.82, 2.24) is 0 Å². The van der Waals surface area contributed by atoms with Crippen LogP contribution in [0.3, 0.4) is 0 Å². The third-order valence-electron chi connectivity index (χ3n) is 2.29. The lowest BCUT2D eigenvalue weighted by Crippen LogP contribution is -2.00. The summed E-state index contributed by atoms with van der Waals surface area (Å²) in [6.07, 6.45) is 0.